The summed E-state index contributed by atoms with van der Waals surface area (Å²) in [6, 6.07) is 0. The zero-order valence-corrected chi connectivity index (χ0v) is 12.8. The normalized spacial score (nSPS) is 44.2. The predicted molar refractivity (Wildman–Crippen MR) is 83.1 cm³/mol. The molecule has 3 aliphatic carbocycles. The highest BCUT2D eigenvalue weighted by atomic mass is 14.4. The lowest BCUT2D eigenvalue weighted by Crippen LogP contribution is -2.30. The molecule has 0 aliphatic heterocycles. The fourth-order valence-electron chi connectivity index (χ4n) is 5.01. The maximum atomic E-state index is 2.67. The van der Waals surface area contributed by atoms with Crippen molar-refractivity contribution < 1.29 is 0 Å². The van der Waals surface area contributed by atoms with Crippen molar-refractivity contribution in [3.63, 3.8) is 0 Å². The number of allylic oxidation sites excluding steroid dienone is 2. The van der Waals surface area contributed by atoms with Gasteiger partial charge in [0.05, 0.1) is 0 Å². The molecule has 0 aromatic rings. The molecule has 3 saturated carbocycles. The van der Waals surface area contributed by atoms with E-state index in [1.165, 1.54) is 70.6 Å². The minimum atomic E-state index is 0.917. The van der Waals surface area contributed by atoms with Crippen molar-refractivity contribution >= 4 is 0 Å². The van der Waals surface area contributed by atoms with E-state index in [1.807, 2.05) is 0 Å². The minimum Gasteiger partial charge on any atom is -0.0851 e. The second-order valence-corrected chi connectivity index (χ2v) is 7.71. The van der Waals surface area contributed by atoms with E-state index in [2.05, 4.69) is 19.1 Å². The van der Waals surface area contributed by atoms with Crippen molar-refractivity contribution in [2.45, 2.75) is 77.6 Å². The number of hydrogen-bond acceptors (Lipinski definition) is 0. The van der Waals surface area contributed by atoms with Crippen LogP contribution in [0.15, 0.2) is 12.2 Å². The summed E-state index contributed by atoms with van der Waals surface area (Å²) in [5.41, 5.74) is 0. The third kappa shape index (κ3) is 3.44. The molecule has 3 atom stereocenters. The standard InChI is InChI=1S/C19H32/c1-15-9-11-16(12-10-15)13-14-18-7-4-6-17-5-2-3-8-19(17)18/h13-19H,2-12H2,1H3. The fourth-order valence-corrected chi connectivity index (χ4v) is 5.01. The van der Waals surface area contributed by atoms with Crippen molar-refractivity contribution in [3.8, 4) is 0 Å². The fraction of sp³-hybridized carbons (Fsp3) is 0.895. The molecule has 0 amide bonds. The molecule has 3 fully saturated rings. The molecule has 0 saturated heterocycles. The van der Waals surface area contributed by atoms with E-state index in [-0.39, 0.29) is 0 Å². The molecular weight excluding hydrogens is 228 g/mol. The molecule has 0 N–H and O–H groups in total. The van der Waals surface area contributed by atoms with E-state index in [4.69, 9.17) is 0 Å². The molecule has 0 aromatic heterocycles. The average molecular weight is 260 g/mol. The lowest BCUT2D eigenvalue weighted by molar-refractivity contribution is 0.129. The van der Waals surface area contributed by atoms with Crippen LogP contribution in [-0.4, -0.2) is 0 Å². The van der Waals surface area contributed by atoms with E-state index in [0.717, 1.165) is 29.6 Å². The van der Waals surface area contributed by atoms with Crippen LogP contribution in [0.2, 0.25) is 0 Å². The summed E-state index contributed by atoms with van der Waals surface area (Å²) in [6.45, 7) is 2.42. The Morgan fingerprint density at radius 2 is 1.42 bits per heavy atom. The Morgan fingerprint density at radius 1 is 0.684 bits per heavy atom. The van der Waals surface area contributed by atoms with Gasteiger partial charge >= 0.3 is 0 Å². The molecular formula is C19H32. The predicted octanol–water partition coefficient (Wildman–Crippen LogP) is 5.98. The second-order valence-electron chi connectivity index (χ2n) is 7.71. The molecule has 0 aromatic carbocycles. The topological polar surface area (TPSA) is 0 Å². The van der Waals surface area contributed by atoms with Crippen LogP contribution in [-0.2, 0) is 0 Å². The third-order valence-electron chi connectivity index (χ3n) is 6.32. The zero-order chi connectivity index (χ0) is 13.1. The first-order valence-electron chi connectivity index (χ1n) is 9.01. The van der Waals surface area contributed by atoms with Gasteiger partial charge in [-0.3, -0.25) is 0 Å². The van der Waals surface area contributed by atoms with Crippen LogP contribution in [0.1, 0.15) is 77.6 Å². The van der Waals surface area contributed by atoms with Crippen molar-refractivity contribution in [1.82, 2.24) is 0 Å². The Labute approximate surface area is 120 Å². The summed E-state index contributed by atoms with van der Waals surface area (Å²) in [5, 5.41) is 0. The highest BCUT2D eigenvalue weighted by Crippen LogP contribution is 2.44. The Kier molecular flexibility index (Phi) is 4.66. The Balaban J connectivity index is 1.55. The first-order chi connectivity index (χ1) is 9.33. The molecule has 108 valence electrons. The van der Waals surface area contributed by atoms with Crippen LogP contribution in [0.25, 0.3) is 0 Å². The van der Waals surface area contributed by atoms with Crippen LogP contribution < -0.4 is 0 Å². The lowest BCUT2D eigenvalue weighted by atomic mass is 9.65. The number of hydrogen-bond donors (Lipinski definition) is 0. The second kappa shape index (κ2) is 6.46. The first kappa shape index (κ1) is 13.7. The average Bonchev–Trinajstić information content (AvgIpc) is 2.47. The highest BCUT2D eigenvalue weighted by molar-refractivity contribution is 5.00. The van der Waals surface area contributed by atoms with Crippen LogP contribution in [0.3, 0.4) is 0 Å². The van der Waals surface area contributed by atoms with Gasteiger partial charge in [0.2, 0.25) is 0 Å². The molecule has 3 aliphatic rings. The SMILES string of the molecule is CC1CCC(C=CC2CCCC3CCCCC23)CC1. The third-order valence-corrected chi connectivity index (χ3v) is 6.32. The van der Waals surface area contributed by atoms with E-state index in [1.54, 1.807) is 0 Å². The van der Waals surface area contributed by atoms with Crippen LogP contribution in [0, 0.1) is 29.6 Å². The van der Waals surface area contributed by atoms with E-state index in [9.17, 15) is 0 Å². The summed E-state index contributed by atoms with van der Waals surface area (Å²) < 4.78 is 0. The lowest BCUT2D eigenvalue weighted by Gasteiger charge is -2.40. The highest BCUT2D eigenvalue weighted by Gasteiger charge is 2.33. The molecule has 0 heterocycles. The molecule has 3 rings (SSSR count). The first-order valence-corrected chi connectivity index (χ1v) is 9.01. The Morgan fingerprint density at radius 3 is 2.26 bits per heavy atom. The number of fused-ring (bicyclic) bond motifs is 1. The molecule has 19 heavy (non-hydrogen) atoms. The Hall–Kier alpha value is -0.260. The van der Waals surface area contributed by atoms with E-state index >= 15 is 0 Å². The van der Waals surface area contributed by atoms with Gasteiger partial charge in [-0.05, 0) is 55.3 Å². The van der Waals surface area contributed by atoms with Gasteiger partial charge in [-0.2, -0.15) is 0 Å². The number of rotatable bonds is 2. The van der Waals surface area contributed by atoms with Gasteiger partial charge in [-0.25, -0.2) is 0 Å². The Bertz CT molecular complexity index is 293. The summed E-state index contributed by atoms with van der Waals surface area (Å²) in [6.07, 6.45) is 21.8. The minimum absolute atomic E-state index is 0.917. The summed E-state index contributed by atoms with van der Waals surface area (Å²) in [5.74, 6) is 4.99. The van der Waals surface area contributed by atoms with Gasteiger partial charge in [0, 0.05) is 0 Å². The van der Waals surface area contributed by atoms with Crippen molar-refractivity contribution in [2.75, 3.05) is 0 Å². The smallest absolute Gasteiger partial charge is 0.0202 e. The van der Waals surface area contributed by atoms with Gasteiger partial charge in [0.15, 0.2) is 0 Å². The molecule has 0 bridgehead atoms. The van der Waals surface area contributed by atoms with Gasteiger partial charge < -0.3 is 0 Å². The molecule has 0 radical (unpaired) electrons. The molecule has 0 heteroatoms. The summed E-state index contributed by atoms with van der Waals surface area (Å²) in [7, 11) is 0. The van der Waals surface area contributed by atoms with Gasteiger partial charge in [-0.1, -0.05) is 64.0 Å². The summed E-state index contributed by atoms with van der Waals surface area (Å²) >= 11 is 0. The van der Waals surface area contributed by atoms with Crippen LogP contribution in [0.4, 0.5) is 0 Å². The zero-order valence-electron chi connectivity index (χ0n) is 12.8. The quantitative estimate of drug-likeness (QED) is 0.536. The summed E-state index contributed by atoms with van der Waals surface area (Å²) in [4.78, 5) is 0. The van der Waals surface area contributed by atoms with E-state index in [0.29, 0.717) is 0 Å². The van der Waals surface area contributed by atoms with Gasteiger partial charge in [0.25, 0.3) is 0 Å². The van der Waals surface area contributed by atoms with Gasteiger partial charge in [-0.15, -0.1) is 0 Å². The maximum absolute atomic E-state index is 2.67. The largest absolute Gasteiger partial charge is 0.0851 e. The molecule has 3 unspecified atom stereocenters. The van der Waals surface area contributed by atoms with Crippen molar-refractivity contribution in [3.05, 3.63) is 12.2 Å². The van der Waals surface area contributed by atoms with Crippen molar-refractivity contribution in [1.29, 1.82) is 0 Å². The molecule has 0 nitrogen and oxygen atoms in total. The van der Waals surface area contributed by atoms with Crippen LogP contribution >= 0.6 is 0 Å². The monoisotopic (exact) mass is 260 g/mol. The van der Waals surface area contributed by atoms with Gasteiger partial charge in [0.1, 0.15) is 0 Å². The van der Waals surface area contributed by atoms with Crippen molar-refractivity contribution in [2.24, 2.45) is 29.6 Å². The van der Waals surface area contributed by atoms with E-state index < -0.39 is 0 Å². The van der Waals surface area contributed by atoms with Crippen LogP contribution in [0.5, 0.6) is 0 Å². The maximum Gasteiger partial charge on any atom is -0.0202 e. The molecule has 0 spiro atoms.